The van der Waals surface area contributed by atoms with E-state index in [1.807, 2.05) is 30.3 Å². The predicted molar refractivity (Wildman–Crippen MR) is 72.8 cm³/mol. The summed E-state index contributed by atoms with van der Waals surface area (Å²) in [4.78, 5) is 26.3. The maximum absolute atomic E-state index is 12.5. The van der Waals surface area contributed by atoms with E-state index in [0.29, 0.717) is 12.8 Å². The number of fused-ring (bicyclic) bond motifs is 1. The number of nitrogens with zero attached hydrogens (tertiary/aromatic N) is 1. The molecule has 3 rings (SSSR count). The van der Waals surface area contributed by atoms with Crippen LogP contribution in [0.15, 0.2) is 30.3 Å². The number of carbonyl (C=O) groups excluding carboxylic acids is 2. The Morgan fingerprint density at radius 2 is 2.05 bits per heavy atom. The summed E-state index contributed by atoms with van der Waals surface area (Å²) in [7, 11) is 0. The average Bonchev–Trinajstić information content (AvgIpc) is 2.74. The Morgan fingerprint density at radius 3 is 2.75 bits per heavy atom. The van der Waals surface area contributed by atoms with Crippen LogP contribution in [0.4, 0.5) is 0 Å². The van der Waals surface area contributed by atoms with Crippen LogP contribution in [0.3, 0.4) is 0 Å². The first-order valence-corrected chi connectivity index (χ1v) is 6.85. The second-order valence-electron chi connectivity index (χ2n) is 5.80. The zero-order valence-electron chi connectivity index (χ0n) is 11.4. The molecule has 2 fully saturated rings. The van der Waals surface area contributed by atoms with E-state index in [2.05, 4.69) is 5.32 Å². The van der Waals surface area contributed by atoms with Crippen LogP contribution in [0.2, 0.25) is 0 Å². The number of aliphatic hydroxyl groups excluding tert-OH is 1. The third kappa shape index (κ3) is 1.98. The van der Waals surface area contributed by atoms with Crippen molar-refractivity contribution in [2.45, 2.75) is 37.5 Å². The summed E-state index contributed by atoms with van der Waals surface area (Å²) in [5, 5.41) is 12.6. The van der Waals surface area contributed by atoms with Gasteiger partial charge in [0, 0.05) is 19.4 Å². The van der Waals surface area contributed by atoms with Crippen LogP contribution in [0.1, 0.15) is 18.9 Å². The Hall–Kier alpha value is -1.88. The van der Waals surface area contributed by atoms with Gasteiger partial charge in [-0.15, -0.1) is 0 Å². The lowest BCUT2D eigenvalue weighted by atomic mass is 9.91. The number of piperazine rings is 1. The third-order valence-electron chi connectivity index (χ3n) is 4.26. The molecule has 5 nitrogen and oxygen atoms in total. The summed E-state index contributed by atoms with van der Waals surface area (Å²) in [6.45, 7) is 1.96. The summed E-state index contributed by atoms with van der Waals surface area (Å²) >= 11 is 0. The molecule has 106 valence electrons. The van der Waals surface area contributed by atoms with E-state index in [1.54, 1.807) is 6.92 Å². The van der Waals surface area contributed by atoms with Crippen molar-refractivity contribution in [1.82, 2.24) is 10.2 Å². The lowest BCUT2D eigenvalue weighted by Crippen LogP contribution is -2.67. The van der Waals surface area contributed by atoms with E-state index < -0.39 is 17.7 Å². The van der Waals surface area contributed by atoms with Crippen LogP contribution in [0, 0.1) is 0 Å². The molecule has 2 saturated heterocycles. The Kier molecular flexibility index (Phi) is 3.01. The quantitative estimate of drug-likeness (QED) is 0.802. The number of hydrogen-bond donors (Lipinski definition) is 2. The maximum Gasteiger partial charge on any atom is 0.246 e. The second kappa shape index (κ2) is 4.59. The molecule has 5 heteroatoms. The highest BCUT2D eigenvalue weighted by molar-refractivity contribution is 6.00. The van der Waals surface area contributed by atoms with Gasteiger partial charge in [-0.2, -0.15) is 0 Å². The fraction of sp³-hybridized carbons (Fsp3) is 0.467. The molecule has 0 radical (unpaired) electrons. The SMILES string of the molecule is CC12C[C@@H](O)CN1C(=O)C(Cc1ccccc1)NC2=O. The number of nitrogens with one attached hydrogen (secondary N) is 1. The van der Waals surface area contributed by atoms with Crippen LogP contribution in [-0.2, 0) is 16.0 Å². The molecule has 0 saturated carbocycles. The van der Waals surface area contributed by atoms with E-state index in [1.165, 1.54) is 4.90 Å². The number of carbonyl (C=O) groups is 2. The molecule has 1 aromatic carbocycles. The first-order chi connectivity index (χ1) is 9.50. The third-order valence-corrected chi connectivity index (χ3v) is 4.26. The largest absolute Gasteiger partial charge is 0.391 e. The molecule has 3 atom stereocenters. The lowest BCUT2D eigenvalue weighted by molar-refractivity contribution is -0.153. The number of β-amino-alcohol motifs (C(OH)–C–C–N with tert-alkyl or cyclic N) is 1. The van der Waals surface area contributed by atoms with Crippen LogP contribution < -0.4 is 5.32 Å². The summed E-state index contributed by atoms with van der Waals surface area (Å²) < 4.78 is 0. The predicted octanol–water partition coefficient (Wildman–Crippen LogP) is 0.0794. The second-order valence-corrected chi connectivity index (χ2v) is 5.80. The van der Waals surface area contributed by atoms with Gasteiger partial charge in [0.1, 0.15) is 11.6 Å². The van der Waals surface area contributed by atoms with Gasteiger partial charge in [-0.25, -0.2) is 0 Å². The topological polar surface area (TPSA) is 69.6 Å². The van der Waals surface area contributed by atoms with Crippen molar-refractivity contribution in [2.24, 2.45) is 0 Å². The minimum atomic E-state index is -0.899. The van der Waals surface area contributed by atoms with E-state index in [-0.39, 0.29) is 18.4 Å². The van der Waals surface area contributed by atoms with Gasteiger partial charge >= 0.3 is 0 Å². The van der Waals surface area contributed by atoms with Crippen molar-refractivity contribution in [1.29, 1.82) is 0 Å². The molecule has 2 N–H and O–H groups in total. The molecule has 2 amide bonds. The summed E-state index contributed by atoms with van der Waals surface area (Å²) in [5.74, 6) is -0.276. The molecule has 2 heterocycles. The molecule has 0 spiro atoms. The highest BCUT2D eigenvalue weighted by atomic mass is 16.3. The fourth-order valence-corrected chi connectivity index (χ4v) is 3.15. The van der Waals surface area contributed by atoms with E-state index >= 15 is 0 Å². The Morgan fingerprint density at radius 1 is 1.35 bits per heavy atom. The van der Waals surface area contributed by atoms with Crippen LogP contribution in [0.5, 0.6) is 0 Å². The molecule has 2 aliphatic rings. The van der Waals surface area contributed by atoms with Gasteiger partial charge in [-0.3, -0.25) is 9.59 Å². The first-order valence-electron chi connectivity index (χ1n) is 6.85. The normalized spacial score (nSPS) is 33.0. The average molecular weight is 274 g/mol. The number of benzene rings is 1. The van der Waals surface area contributed by atoms with Crippen molar-refractivity contribution in [3.8, 4) is 0 Å². The van der Waals surface area contributed by atoms with Crippen LogP contribution in [0.25, 0.3) is 0 Å². The molecule has 0 bridgehead atoms. The van der Waals surface area contributed by atoms with Gasteiger partial charge in [0.05, 0.1) is 6.10 Å². The van der Waals surface area contributed by atoms with E-state index in [9.17, 15) is 14.7 Å². The van der Waals surface area contributed by atoms with Crippen molar-refractivity contribution in [3.05, 3.63) is 35.9 Å². The Bertz CT molecular complexity index is 545. The summed E-state index contributed by atoms with van der Waals surface area (Å²) in [5.41, 5.74) is 0.110. The number of amides is 2. The first kappa shape index (κ1) is 13.1. The van der Waals surface area contributed by atoms with Crippen molar-refractivity contribution in [2.75, 3.05) is 6.54 Å². The van der Waals surface area contributed by atoms with Gasteiger partial charge in [-0.1, -0.05) is 30.3 Å². The highest BCUT2D eigenvalue weighted by Gasteiger charge is 2.54. The minimum absolute atomic E-state index is 0.104. The monoisotopic (exact) mass is 274 g/mol. The van der Waals surface area contributed by atoms with Crippen LogP contribution in [-0.4, -0.2) is 46.1 Å². The maximum atomic E-state index is 12.5. The minimum Gasteiger partial charge on any atom is -0.391 e. The van der Waals surface area contributed by atoms with Crippen molar-refractivity contribution >= 4 is 11.8 Å². The summed E-state index contributed by atoms with van der Waals surface area (Å²) in [6.07, 6.45) is 0.168. The molecular formula is C15H18N2O3. The van der Waals surface area contributed by atoms with Gasteiger partial charge < -0.3 is 15.3 Å². The standard InChI is InChI=1S/C15H18N2O3/c1-15-8-11(18)9-17(15)13(19)12(16-14(15)20)7-10-5-3-2-4-6-10/h2-6,11-12,18H,7-9H2,1H3,(H,16,20)/t11-,12?,15?/m1/s1. The van der Waals surface area contributed by atoms with Crippen molar-refractivity contribution in [3.63, 3.8) is 0 Å². The number of aliphatic hydroxyl groups is 1. The van der Waals surface area contributed by atoms with Crippen LogP contribution >= 0.6 is 0 Å². The molecule has 2 aliphatic heterocycles. The smallest absolute Gasteiger partial charge is 0.246 e. The fourth-order valence-electron chi connectivity index (χ4n) is 3.15. The van der Waals surface area contributed by atoms with Gasteiger partial charge in [0.25, 0.3) is 0 Å². The molecule has 1 aromatic rings. The molecule has 0 aromatic heterocycles. The molecular weight excluding hydrogens is 256 g/mol. The molecule has 2 unspecified atom stereocenters. The van der Waals surface area contributed by atoms with E-state index in [4.69, 9.17) is 0 Å². The Balaban J connectivity index is 1.82. The lowest BCUT2D eigenvalue weighted by Gasteiger charge is -2.41. The van der Waals surface area contributed by atoms with Gasteiger partial charge in [0.15, 0.2) is 0 Å². The molecule has 20 heavy (non-hydrogen) atoms. The Labute approximate surface area is 117 Å². The highest BCUT2D eigenvalue weighted by Crippen LogP contribution is 2.33. The van der Waals surface area contributed by atoms with Gasteiger partial charge in [-0.05, 0) is 12.5 Å². The number of hydrogen-bond acceptors (Lipinski definition) is 3. The number of rotatable bonds is 2. The zero-order valence-corrected chi connectivity index (χ0v) is 11.4. The van der Waals surface area contributed by atoms with Gasteiger partial charge in [0.2, 0.25) is 11.8 Å². The summed E-state index contributed by atoms with van der Waals surface area (Å²) in [6, 6.07) is 9.07. The molecule has 0 aliphatic carbocycles. The van der Waals surface area contributed by atoms with E-state index in [0.717, 1.165) is 5.56 Å². The van der Waals surface area contributed by atoms with Crippen molar-refractivity contribution < 1.29 is 14.7 Å². The zero-order chi connectivity index (χ0) is 14.3.